The molecule has 0 atom stereocenters. The summed E-state index contributed by atoms with van der Waals surface area (Å²) in [7, 11) is 0. The van der Waals surface area contributed by atoms with Crippen molar-refractivity contribution in [1.82, 2.24) is 4.98 Å². The van der Waals surface area contributed by atoms with Gasteiger partial charge in [-0.2, -0.15) is 0 Å². The second kappa shape index (κ2) is 5.54. The molecule has 3 aromatic rings. The summed E-state index contributed by atoms with van der Waals surface area (Å²) in [6.45, 7) is 6.19. The van der Waals surface area contributed by atoms with Gasteiger partial charge in [-0.1, -0.05) is 42.5 Å². The number of nitrogens with zero attached hydrogens (tertiary/aromatic N) is 1. The van der Waals surface area contributed by atoms with E-state index in [0.717, 1.165) is 17.6 Å². The molecular formula is C20H22N2. The summed E-state index contributed by atoms with van der Waals surface area (Å²) in [6, 6.07) is 19.0. The highest BCUT2D eigenvalue weighted by Gasteiger charge is 2.16. The normalized spacial score (nSPS) is 11.8. The zero-order valence-corrected chi connectivity index (χ0v) is 13.4. The third-order valence-corrected chi connectivity index (χ3v) is 3.80. The van der Waals surface area contributed by atoms with E-state index in [0.29, 0.717) is 0 Å². The van der Waals surface area contributed by atoms with Gasteiger partial charge in [-0.05, 0) is 56.0 Å². The molecule has 1 aromatic heterocycles. The third-order valence-electron chi connectivity index (χ3n) is 3.80. The van der Waals surface area contributed by atoms with Gasteiger partial charge >= 0.3 is 0 Å². The van der Waals surface area contributed by atoms with Crippen molar-refractivity contribution in [3.05, 3.63) is 65.9 Å². The molecule has 0 unspecified atom stereocenters. The van der Waals surface area contributed by atoms with Gasteiger partial charge in [0.2, 0.25) is 0 Å². The van der Waals surface area contributed by atoms with Crippen LogP contribution in [-0.2, 0) is 6.42 Å². The Morgan fingerprint density at radius 1 is 0.955 bits per heavy atom. The highest BCUT2D eigenvalue weighted by atomic mass is 14.7. The quantitative estimate of drug-likeness (QED) is 0.772. The van der Waals surface area contributed by atoms with E-state index in [4.69, 9.17) is 5.73 Å². The van der Waals surface area contributed by atoms with Crippen LogP contribution in [0.2, 0.25) is 0 Å². The molecule has 0 radical (unpaired) electrons. The molecular weight excluding hydrogens is 268 g/mol. The van der Waals surface area contributed by atoms with Gasteiger partial charge in [-0.3, -0.25) is 4.98 Å². The molecule has 2 nitrogen and oxygen atoms in total. The summed E-state index contributed by atoms with van der Waals surface area (Å²) in [4.78, 5) is 4.64. The molecule has 2 N–H and O–H groups in total. The molecule has 0 amide bonds. The van der Waals surface area contributed by atoms with Crippen LogP contribution < -0.4 is 5.73 Å². The van der Waals surface area contributed by atoms with Crippen LogP contribution in [0.25, 0.3) is 22.0 Å². The standard InChI is InChI=1S/C20H22N2/c1-14-12-18(17-10-6-7-11-19(17)22-14)16-9-5-4-8-15(16)13-20(2,3)21/h4-12H,13,21H2,1-3H3. The number of nitrogens with two attached hydrogens (primary N) is 1. The number of pyridine rings is 1. The highest BCUT2D eigenvalue weighted by Crippen LogP contribution is 2.32. The van der Waals surface area contributed by atoms with Gasteiger partial charge in [0.05, 0.1) is 5.52 Å². The first-order valence-corrected chi connectivity index (χ1v) is 7.68. The van der Waals surface area contributed by atoms with Crippen LogP contribution in [0.4, 0.5) is 0 Å². The summed E-state index contributed by atoms with van der Waals surface area (Å²) in [5.74, 6) is 0. The van der Waals surface area contributed by atoms with Crippen LogP contribution in [0.1, 0.15) is 25.1 Å². The fourth-order valence-corrected chi connectivity index (χ4v) is 2.96. The Morgan fingerprint density at radius 3 is 2.41 bits per heavy atom. The average molecular weight is 290 g/mol. The van der Waals surface area contributed by atoms with Crippen molar-refractivity contribution in [2.24, 2.45) is 5.73 Å². The second-order valence-corrected chi connectivity index (χ2v) is 6.65. The summed E-state index contributed by atoms with van der Waals surface area (Å²) in [6.07, 6.45) is 0.846. The molecule has 112 valence electrons. The van der Waals surface area contributed by atoms with Crippen LogP contribution in [0, 0.1) is 6.92 Å². The molecule has 0 bridgehead atoms. The molecule has 22 heavy (non-hydrogen) atoms. The molecule has 2 aromatic carbocycles. The molecule has 0 aliphatic heterocycles. The molecule has 2 heteroatoms. The highest BCUT2D eigenvalue weighted by molar-refractivity contribution is 5.95. The average Bonchev–Trinajstić information content (AvgIpc) is 2.45. The van der Waals surface area contributed by atoms with Gasteiger partial charge in [0.25, 0.3) is 0 Å². The first-order valence-electron chi connectivity index (χ1n) is 7.68. The maximum atomic E-state index is 6.24. The summed E-state index contributed by atoms with van der Waals surface area (Å²) >= 11 is 0. The lowest BCUT2D eigenvalue weighted by Crippen LogP contribution is -2.34. The van der Waals surface area contributed by atoms with E-state index in [-0.39, 0.29) is 5.54 Å². The molecule has 1 heterocycles. The zero-order chi connectivity index (χ0) is 15.7. The number of aromatic nitrogens is 1. The predicted molar refractivity (Wildman–Crippen MR) is 93.9 cm³/mol. The summed E-state index contributed by atoms with van der Waals surface area (Å²) < 4.78 is 0. The molecule has 0 saturated heterocycles. The minimum Gasteiger partial charge on any atom is -0.325 e. The number of hydrogen-bond donors (Lipinski definition) is 1. The first-order chi connectivity index (χ1) is 10.4. The van der Waals surface area contributed by atoms with Gasteiger partial charge in [0.1, 0.15) is 0 Å². The van der Waals surface area contributed by atoms with Gasteiger partial charge in [0, 0.05) is 16.6 Å². The van der Waals surface area contributed by atoms with Gasteiger partial charge in [0.15, 0.2) is 0 Å². The fourth-order valence-electron chi connectivity index (χ4n) is 2.96. The Kier molecular flexibility index (Phi) is 3.71. The van der Waals surface area contributed by atoms with E-state index < -0.39 is 0 Å². The van der Waals surface area contributed by atoms with Gasteiger partial charge < -0.3 is 5.73 Å². The number of fused-ring (bicyclic) bond motifs is 1. The topological polar surface area (TPSA) is 38.9 Å². The molecule has 0 aliphatic carbocycles. The monoisotopic (exact) mass is 290 g/mol. The molecule has 0 aliphatic rings. The van der Waals surface area contributed by atoms with E-state index in [1.54, 1.807) is 0 Å². The molecule has 0 saturated carbocycles. The van der Waals surface area contributed by atoms with Gasteiger partial charge in [-0.25, -0.2) is 0 Å². The minimum absolute atomic E-state index is 0.228. The molecule has 0 spiro atoms. The van der Waals surface area contributed by atoms with Crippen LogP contribution in [0.15, 0.2) is 54.6 Å². The van der Waals surface area contributed by atoms with E-state index >= 15 is 0 Å². The maximum Gasteiger partial charge on any atom is 0.0711 e. The van der Waals surface area contributed by atoms with Gasteiger partial charge in [-0.15, -0.1) is 0 Å². The maximum absolute atomic E-state index is 6.24. The SMILES string of the molecule is Cc1cc(-c2ccccc2CC(C)(C)N)c2ccccc2n1. The minimum atomic E-state index is -0.228. The van der Waals surface area contributed by atoms with Crippen molar-refractivity contribution in [1.29, 1.82) is 0 Å². The van der Waals surface area contributed by atoms with E-state index in [1.165, 1.54) is 22.1 Å². The first kappa shape index (κ1) is 14.7. The lowest BCUT2D eigenvalue weighted by atomic mass is 9.89. The predicted octanol–water partition coefficient (Wildman–Crippen LogP) is 4.49. The third kappa shape index (κ3) is 3.02. The largest absolute Gasteiger partial charge is 0.325 e. The zero-order valence-electron chi connectivity index (χ0n) is 13.4. The Bertz CT molecular complexity index is 813. The lowest BCUT2D eigenvalue weighted by molar-refractivity contribution is 0.517. The smallest absolute Gasteiger partial charge is 0.0711 e. The van der Waals surface area contributed by atoms with Crippen LogP contribution in [0.5, 0.6) is 0 Å². The van der Waals surface area contributed by atoms with E-state index in [9.17, 15) is 0 Å². The molecule has 0 fully saturated rings. The van der Waals surface area contributed by atoms with Crippen molar-refractivity contribution in [2.75, 3.05) is 0 Å². The Hall–Kier alpha value is -2.19. The van der Waals surface area contributed by atoms with Crippen molar-refractivity contribution in [3.8, 4) is 11.1 Å². The van der Waals surface area contributed by atoms with Crippen molar-refractivity contribution >= 4 is 10.9 Å². The lowest BCUT2D eigenvalue weighted by Gasteiger charge is -2.21. The fraction of sp³-hybridized carbons (Fsp3) is 0.250. The summed E-state index contributed by atoms with van der Waals surface area (Å²) in [5, 5.41) is 1.19. The number of para-hydroxylation sites is 1. The van der Waals surface area contributed by atoms with Crippen molar-refractivity contribution in [3.63, 3.8) is 0 Å². The number of rotatable bonds is 3. The van der Waals surface area contributed by atoms with Crippen molar-refractivity contribution < 1.29 is 0 Å². The number of benzene rings is 2. The van der Waals surface area contributed by atoms with Crippen LogP contribution in [0.3, 0.4) is 0 Å². The number of aryl methyl sites for hydroxylation is 1. The van der Waals surface area contributed by atoms with E-state index in [2.05, 4.69) is 67.4 Å². The summed E-state index contributed by atoms with van der Waals surface area (Å²) in [5.41, 5.74) is 11.9. The Labute approximate surface area is 132 Å². The van der Waals surface area contributed by atoms with Crippen LogP contribution >= 0.6 is 0 Å². The Balaban J connectivity index is 2.24. The van der Waals surface area contributed by atoms with Crippen molar-refractivity contribution in [2.45, 2.75) is 32.7 Å². The Morgan fingerprint density at radius 2 is 1.64 bits per heavy atom. The molecule has 3 rings (SSSR count). The van der Waals surface area contributed by atoms with Crippen LogP contribution in [-0.4, -0.2) is 10.5 Å². The number of hydrogen-bond acceptors (Lipinski definition) is 2. The van der Waals surface area contributed by atoms with E-state index in [1.807, 2.05) is 13.0 Å². The second-order valence-electron chi connectivity index (χ2n) is 6.65.